The zero-order chi connectivity index (χ0) is 16.5. The third-order valence-electron chi connectivity index (χ3n) is 4.14. The molecule has 2 aromatic carbocycles. The molecule has 24 heavy (non-hydrogen) atoms. The molecule has 0 N–H and O–H groups in total. The summed E-state index contributed by atoms with van der Waals surface area (Å²) in [5.74, 6) is 1.04. The number of nitrogens with zero attached hydrogens (tertiary/aromatic N) is 2. The molecule has 0 bridgehead atoms. The number of fused-ring (bicyclic) bond motifs is 1. The van der Waals surface area contributed by atoms with Gasteiger partial charge in [-0.2, -0.15) is 0 Å². The molecule has 3 aromatic rings. The Balaban J connectivity index is 1.56. The van der Waals surface area contributed by atoms with Crippen LogP contribution in [0.5, 0.6) is 0 Å². The maximum atomic E-state index is 12.8. The van der Waals surface area contributed by atoms with Gasteiger partial charge in [-0.25, -0.2) is 0 Å². The Bertz CT molecular complexity index is 878. The van der Waals surface area contributed by atoms with Gasteiger partial charge in [-0.3, -0.25) is 4.79 Å². The standard InChI is InChI=1S/C18H15BrN2O2S/c19-13-7-5-12(6-8-13)18-21(9-10-24-18)17(22)11-15-14-3-1-2-4-16(14)23-20-15/h1-8,18H,9-11H2. The Kier molecular flexibility index (Phi) is 4.33. The van der Waals surface area contributed by atoms with Crippen molar-refractivity contribution in [3.05, 3.63) is 64.3 Å². The van der Waals surface area contributed by atoms with Crippen LogP contribution in [-0.2, 0) is 11.2 Å². The Morgan fingerprint density at radius 1 is 1.25 bits per heavy atom. The number of hydrogen-bond donors (Lipinski definition) is 0. The van der Waals surface area contributed by atoms with Gasteiger partial charge in [0.25, 0.3) is 0 Å². The van der Waals surface area contributed by atoms with Crippen molar-refractivity contribution < 1.29 is 9.32 Å². The highest BCUT2D eigenvalue weighted by molar-refractivity contribution is 9.10. The minimum atomic E-state index is 0.0729. The average molecular weight is 403 g/mol. The van der Waals surface area contributed by atoms with E-state index in [4.69, 9.17) is 4.52 Å². The lowest BCUT2D eigenvalue weighted by Crippen LogP contribution is -2.31. The second-order valence-electron chi connectivity index (χ2n) is 5.66. The smallest absolute Gasteiger partial charge is 0.229 e. The first-order valence-electron chi connectivity index (χ1n) is 7.72. The third kappa shape index (κ3) is 2.96. The van der Waals surface area contributed by atoms with E-state index in [2.05, 4.69) is 33.2 Å². The van der Waals surface area contributed by atoms with Crippen molar-refractivity contribution >= 4 is 44.6 Å². The number of amides is 1. The van der Waals surface area contributed by atoms with E-state index in [9.17, 15) is 4.79 Å². The Morgan fingerprint density at radius 3 is 2.88 bits per heavy atom. The van der Waals surface area contributed by atoms with Crippen LogP contribution >= 0.6 is 27.7 Å². The summed E-state index contributed by atoms with van der Waals surface area (Å²) in [6, 6.07) is 15.8. The fourth-order valence-electron chi connectivity index (χ4n) is 2.94. The largest absolute Gasteiger partial charge is 0.356 e. The molecule has 1 unspecified atom stereocenters. The predicted molar refractivity (Wildman–Crippen MR) is 98.8 cm³/mol. The van der Waals surface area contributed by atoms with Crippen molar-refractivity contribution in [2.45, 2.75) is 11.8 Å². The van der Waals surface area contributed by atoms with E-state index >= 15 is 0 Å². The van der Waals surface area contributed by atoms with Crippen LogP contribution in [0.4, 0.5) is 0 Å². The molecule has 1 fully saturated rings. The van der Waals surface area contributed by atoms with E-state index in [-0.39, 0.29) is 17.7 Å². The molecular formula is C18H15BrN2O2S. The first-order valence-corrected chi connectivity index (χ1v) is 9.56. The highest BCUT2D eigenvalue weighted by Gasteiger charge is 2.31. The molecule has 1 aliphatic heterocycles. The maximum Gasteiger partial charge on any atom is 0.229 e. The fourth-order valence-corrected chi connectivity index (χ4v) is 4.48. The highest BCUT2D eigenvalue weighted by Crippen LogP contribution is 2.38. The maximum absolute atomic E-state index is 12.8. The highest BCUT2D eigenvalue weighted by atomic mass is 79.9. The summed E-state index contributed by atoms with van der Waals surface area (Å²) in [7, 11) is 0. The summed E-state index contributed by atoms with van der Waals surface area (Å²) in [6.07, 6.45) is 0.268. The summed E-state index contributed by atoms with van der Waals surface area (Å²) in [5, 5.41) is 5.07. The lowest BCUT2D eigenvalue weighted by Gasteiger charge is -2.24. The van der Waals surface area contributed by atoms with Crippen LogP contribution in [0.2, 0.25) is 0 Å². The molecular weight excluding hydrogens is 388 g/mol. The summed E-state index contributed by atoms with van der Waals surface area (Å²) >= 11 is 5.25. The molecule has 1 aliphatic rings. The molecule has 0 radical (unpaired) electrons. The molecule has 1 saturated heterocycles. The van der Waals surface area contributed by atoms with Crippen LogP contribution in [0, 0.1) is 0 Å². The van der Waals surface area contributed by atoms with E-state index in [1.807, 2.05) is 41.3 Å². The van der Waals surface area contributed by atoms with Gasteiger partial charge in [-0.05, 0) is 29.8 Å². The zero-order valence-electron chi connectivity index (χ0n) is 12.8. The number of hydrogen-bond acceptors (Lipinski definition) is 4. The molecule has 0 aliphatic carbocycles. The van der Waals surface area contributed by atoms with Gasteiger partial charge in [0.2, 0.25) is 5.91 Å². The summed E-state index contributed by atoms with van der Waals surface area (Å²) in [4.78, 5) is 14.8. The molecule has 6 heteroatoms. The van der Waals surface area contributed by atoms with Gasteiger partial charge in [0.15, 0.2) is 5.58 Å². The van der Waals surface area contributed by atoms with Crippen LogP contribution in [-0.4, -0.2) is 28.3 Å². The lowest BCUT2D eigenvalue weighted by molar-refractivity contribution is -0.130. The molecule has 4 rings (SSSR count). The van der Waals surface area contributed by atoms with Crippen LogP contribution in [0.1, 0.15) is 16.6 Å². The molecule has 1 atom stereocenters. The Hall–Kier alpha value is -1.79. The lowest BCUT2D eigenvalue weighted by atomic mass is 10.1. The second-order valence-corrected chi connectivity index (χ2v) is 7.77. The van der Waals surface area contributed by atoms with Crippen LogP contribution < -0.4 is 0 Å². The topological polar surface area (TPSA) is 46.3 Å². The first-order chi connectivity index (χ1) is 11.7. The van der Waals surface area contributed by atoms with Gasteiger partial charge < -0.3 is 9.42 Å². The predicted octanol–water partition coefficient (Wildman–Crippen LogP) is 4.41. The first kappa shape index (κ1) is 15.7. The van der Waals surface area contributed by atoms with Gasteiger partial charge >= 0.3 is 0 Å². The fraction of sp³-hybridized carbons (Fsp3) is 0.222. The zero-order valence-corrected chi connectivity index (χ0v) is 15.2. The monoisotopic (exact) mass is 402 g/mol. The van der Waals surface area contributed by atoms with E-state index in [1.165, 1.54) is 0 Å². The quantitative estimate of drug-likeness (QED) is 0.650. The average Bonchev–Trinajstić information content (AvgIpc) is 3.23. The molecule has 0 saturated carbocycles. The number of aromatic nitrogens is 1. The number of thioether (sulfide) groups is 1. The van der Waals surface area contributed by atoms with Crippen molar-refractivity contribution in [3.63, 3.8) is 0 Å². The number of rotatable bonds is 3. The SMILES string of the molecule is O=C(Cc1noc2ccccc12)N1CCSC1c1ccc(Br)cc1. The number of para-hydroxylation sites is 1. The van der Waals surface area contributed by atoms with E-state index in [0.29, 0.717) is 5.69 Å². The van der Waals surface area contributed by atoms with Crippen LogP contribution in [0.15, 0.2) is 57.5 Å². The third-order valence-corrected chi connectivity index (χ3v) is 5.93. The summed E-state index contributed by atoms with van der Waals surface area (Å²) in [5.41, 5.74) is 2.58. The normalized spacial score (nSPS) is 17.5. The van der Waals surface area contributed by atoms with Gasteiger partial charge in [0.05, 0.1) is 6.42 Å². The van der Waals surface area contributed by atoms with Gasteiger partial charge in [-0.1, -0.05) is 45.4 Å². The van der Waals surface area contributed by atoms with Crippen LogP contribution in [0.25, 0.3) is 11.0 Å². The van der Waals surface area contributed by atoms with E-state index in [1.54, 1.807) is 11.8 Å². The van der Waals surface area contributed by atoms with Crippen LogP contribution in [0.3, 0.4) is 0 Å². The van der Waals surface area contributed by atoms with Gasteiger partial charge in [0, 0.05) is 22.2 Å². The minimum absolute atomic E-state index is 0.0729. The Labute approximate surface area is 152 Å². The number of carbonyl (C=O) groups excluding carboxylic acids is 1. The molecule has 122 valence electrons. The second kappa shape index (κ2) is 6.61. The summed E-state index contributed by atoms with van der Waals surface area (Å²) in [6.45, 7) is 0.764. The molecule has 1 aromatic heterocycles. The van der Waals surface area contributed by atoms with Crippen molar-refractivity contribution in [2.75, 3.05) is 12.3 Å². The van der Waals surface area contributed by atoms with Crippen molar-refractivity contribution in [1.82, 2.24) is 10.1 Å². The summed E-state index contributed by atoms with van der Waals surface area (Å²) < 4.78 is 6.35. The van der Waals surface area contributed by atoms with E-state index in [0.717, 1.165) is 33.3 Å². The van der Waals surface area contributed by atoms with Crippen molar-refractivity contribution in [1.29, 1.82) is 0 Å². The van der Waals surface area contributed by atoms with Gasteiger partial charge in [-0.15, -0.1) is 11.8 Å². The number of halogens is 1. The number of benzene rings is 2. The molecule has 4 nitrogen and oxygen atoms in total. The molecule has 0 spiro atoms. The van der Waals surface area contributed by atoms with E-state index < -0.39 is 0 Å². The number of carbonyl (C=O) groups is 1. The molecule has 2 heterocycles. The van der Waals surface area contributed by atoms with Gasteiger partial charge in [0.1, 0.15) is 11.1 Å². The van der Waals surface area contributed by atoms with Crippen molar-refractivity contribution in [3.8, 4) is 0 Å². The Morgan fingerprint density at radius 2 is 2.04 bits per heavy atom. The minimum Gasteiger partial charge on any atom is -0.356 e. The molecule has 1 amide bonds. The van der Waals surface area contributed by atoms with Crippen molar-refractivity contribution in [2.24, 2.45) is 0 Å².